The van der Waals surface area contributed by atoms with E-state index in [0.29, 0.717) is 0 Å². The van der Waals surface area contributed by atoms with Crippen LogP contribution in [0, 0.1) is 25.6 Å². The summed E-state index contributed by atoms with van der Waals surface area (Å²) in [6, 6.07) is 3.32. The number of rotatable bonds is 7. The van der Waals surface area contributed by atoms with Crippen LogP contribution in [0.5, 0.6) is 0 Å². The molecule has 1 aliphatic heterocycles. The average Bonchev–Trinajstić information content (AvgIpc) is 2.60. The molecule has 1 aromatic rings. The van der Waals surface area contributed by atoms with E-state index in [2.05, 4.69) is 9.47 Å². The fourth-order valence-electron chi connectivity index (χ4n) is 1.98. The van der Waals surface area contributed by atoms with E-state index in [-0.39, 0.29) is 43.6 Å². The van der Waals surface area contributed by atoms with Crippen molar-refractivity contribution in [1.82, 2.24) is 0 Å². The largest absolute Gasteiger partial charge is 0.508 e. The van der Waals surface area contributed by atoms with Gasteiger partial charge in [-0.1, -0.05) is 7.43 Å². The van der Waals surface area contributed by atoms with E-state index in [4.69, 9.17) is 4.74 Å². The maximum Gasteiger partial charge on any atom is 0.508 e. The number of hydrogen-bond acceptors (Lipinski definition) is 10. The smallest absolute Gasteiger partial charge is 0.464 e. The number of thioether (sulfide) groups is 1. The maximum absolute atomic E-state index is 12.0. The number of hydrogen-bond donors (Lipinski definition) is 0. The predicted octanol–water partition coefficient (Wildman–Crippen LogP) is 2.95. The van der Waals surface area contributed by atoms with Crippen LogP contribution in [0.25, 0.3) is 0 Å². The lowest BCUT2D eigenvalue weighted by Crippen LogP contribution is -2.44. The highest BCUT2D eigenvalue weighted by molar-refractivity contribution is 7.99. The molecule has 1 saturated heterocycles. The molecule has 0 aliphatic carbocycles. The molecule has 0 bridgehead atoms. The first-order valence-corrected chi connectivity index (χ1v) is 8.24. The van der Waals surface area contributed by atoms with Crippen LogP contribution in [0.2, 0.25) is 0 Å². The number of benzene rings is 1. The molecule has 1 fully saturated rings. The standard InChI is InChI=1S/C14H14N2O9S.CH4/c1-14(7-24-13(18)25-8-14)12(17)23-4-5-26-11-3-2-9(15(19)20)6-10(11)16(21)22;/h2-3,6H,4-5,7-8H2,1H3;1H4. The second-order valence-corrected chi connectivity index (χ2v) is 6.68. The van der Waals surface area contributed by atoms with Crippen LogP contribution in [0.1, 0.15) is 14.4 Å². The van der Waals surface area contributed by atoms with Gasteiger partial charge in [-0.05, 0) is 13.0 Å². The molecule has 2 rings (SSSR count). The van der Waals surface area contributed by atoms with E-state index in [1.165, 1.54) is 13.0 Å². The van der Waals surface area contributed by atoms with Crippen molar-refractivity contribution < 1.29 is 33.6 Å². The summed E-state index contributed by atoms with van der Waals surface area (Å²) in [6.07, 6.45) is -0.851. The second-order valence-electron chi connectivity index (χ2n) is 5.54. The van der Waals surface area contributed by atoms with Crippen molar-refractivity contribution in [2.45, 2.75) is 19.2 Å². The van der Waals surface area contributed by atoms with Crippen LogP contribution in [0.15, 0.2) is 23.1 Å². The van der Waals surface area contributed by atoms with E-state index < -0.39 is 33.1 Å². The van der Waals surface area contributed by atoms with Gasteiger partial charge >= 0.3 is 12.1 Å². The van der Waals surface area contributed by atoms with Crippen molar-refractivity contribution in [2.75, 3.05) is 25.6 Å². The minimum Gasteiger partial charge on any atom is -0.464 e. The normalized spacial score (nSPS) is 14.9. The van der Waals surface area contributed by atoms with Crippen molar-refractivity contribution >= 4 is 35.3 Å². The maximum atomic E-state index is 12.0. The summed E-state index contributed by atoms with van der Waals surface area (Å²) >= 11 is 1.03. The van der Waals surface area contributed by atoms with Gasteiger partial charge in [0.25, 0.3) is 11.4 Å². The molecule has 0 aromatic heterocycles. The number of cyclic esters (lactones) is 2. The van der Waals surface area contributed by atoms with Crippen LogP contribution in [0.3, 0.4) is 0 Å². The minimum atomic E-state index is -1.11. The molecule has 0 amide bonds. The van der Waals surface area contributed by atoms with Crippen molar-refractivity contribution in [3.63, 3.8) is 0 Å². The molecule has 0 spiro atoms. The molecule has 12 heteroatoms. The van der Waals surface area contributed by atoms with Gasteiger partial charge < -0.3 is 14.2 Å². The van der Waals surface area contributed by atoms with Crippen LogP contribution < -0.4 is 0 Å². The van der Waals surface area contributed by atoms with E-state index in [1.54, 1.807) is 0 Å². The Morgan fingerprint density at radius 2 is 1.89 bits per heavy atom. The third kappa shape index (κ3) is 5.54. The van der Waals surface area contributed by atoms with Crippen LogP contribution in [-0.2, 0) is 19.0 Å². The predicted molar refractivity (Wildman–Crippen MR) is 93.6 cm³/mol. The Labute approximate surface area is 158 Å². The summed E-state index contributed by atoms with van der Waals surface area (Å²) in [5.41, 5.74) is -1.89. The summed E-state index contributed by atoms with van der Waals surface area (Å²) in [5, 5.41) is 21.7. The summed E-state index contributed by atoms with van der Waals surface area (Å²) < 4.78 is 14.4. The molecule has 11 nitrogen and oxygen atoms in total. The number of nitro benzene ring substituents is 2. The summed E-state index contributed by atoms with van der Waals surface area (Å²) in [4.78, 5) is 43.4. The van der Waals surface area contributed by atoms with Crippen LogP contribution >= 0.6 is 11.8 Å². The summed E-state index contributed by atoms with van der Waals surface area (Å²) in [5.74, 6) is -0.426. The van der Waals surface area contributed by atoms with Gasteiger partial charge in [-0.25, -0.2) is 4.79 Å². The topological polar surface area (TPSA) is 148 Å². The fraction of sp³-hybridized carbons (Fsp3) is 0.467. The van der Waals surface area contributed by atoms with Crippen molar-refractivity contribution in [2.24, 2.45) is 5.41 Å². The first-order valence-electron chi connectivity index (χ1n) is 7.25. The van der Waals surface area contributed by atoms with Crippen LogP contribution in [-0.4, -0.2) is 47.5 Å². The quantitative estimate of drug-likeness (QED) is 0.219. The van der Waals surface area contributed by atoms with Gasteiger partial charge in [-0.3, -0.25) is 25.0 Å². The van der Waals surface area contributed by atoms with Gasteiger partial charge in [0, 0.05) is 11.8 Å². The number of ether oxygens (including phenoxy) is 3. The Balaban J connectivity index is 0.00000364. The van der Waals surface area contributed by atoms with Gasteiger partial charge in [0.15, 0.2) is 0 Å². The summed E-state index contributed by atoms with van der Waals surface area (Å²) in [6.45, 7) is 1.15. The van der Waals surface area contributed by atoms with Gasteiger partial charge in [-0.2, -0.15) is 0 Å². The van der Waals surface area contributed by atoms with Gasteiger partial charge in [0.2, 0.25) is 0 Å². The Hall–Kier alpha value is -2.89. The molecule has 0 unspecified atom stereocenters. The second kappa shape index (κ2) is 9.16. The van der Waals surface area contributed by atoms with Crippen LogP contribution in [0.4, 0.5) is 16.2 Å². The Morgan fingerprint density at radius 3 is 2.44 bits per heavy atom. The zero-order chi connectivity index (χ0) is 19.3. The molecule has 1 aromatic carbocycles. The zero-order valence-corrected chi connectivity index (χ0v) is 14.4. The molecular formula is C15H18N2O9S. The molecule has 0 saturated carbocycles. The molecule has 27 heavy (non-hydrogen) atoms. The van der Waals surface area contributed by atoms with E-state index in [1.807, 2.05) is 0 Å². The highest BCUT2D eigenvalue weighted by Crippen LogP contribution is 2.32. The third-order valence-corrected chi connectivity index (χ3v) is 4.46. The lowest BCUT2D eigenvalue weighted by molar-refractivity contribution is -0.396. The zero-order valence-electron chi connectivity index (χ0n) is 13.5. The van der Waals surface area contributed by atoms with E-state index in [0.717, 1.165) is 23.9 Å². The van der Waals surface area contributed by atoms with E-state index in [9.17, 15) is 29.8 Å². The van der Waals surface area contributed by atoms with Gasteiger partial charge in [0.05, 0.1) is 20.8 Å². The Kier molecular flexibility index (Phi) is 7.52. The number of nitrogens with zero attached hydrogens (tertiary/aromatic N) is 2. The number of carbonyl (C=O) groups excluding carboxylic acids is 2. The first kappa shape index (κ1) is 22.2. The lowest BCUT2D eigenvalue weighted by atomic mass is 9.93. The first-order chi connectivity index (χ1) is 12.2. The number of non-ortho nitro benzene ring substituents is 1. The SMILES string of the molecule is C.CC1(C(=O)OCCSc2ccc([N+](=O)[O-])cc2[N+](=O)[O-])COC(=O)OC1. The highest BCUT2D eigenvalue weighted by Gasteiger charge is 2.41. The molecule has 148 valence electrons. The van der Waals surface area contributed by atoms with Crippen molar-refractivity contribution in [3.05, 3.63) is 38.4 Å². The monoisotopic (exact) mass is 402 g/mol. The van der Waals surface area contributed by atoms with Crippen molar-refractivity contribution in [1.29, 1.82) is 0 Å². The Bertz CT molecular complexity index is 743. The number of esters is 1. The molecule has 0 radical (unpaired) electrons. The third-order valence-electron chi connectivity index (χ3n) is 3.43. The van der Waals surface area contributed by atoms with E-state index >= 15 is 0 Å². The summed E-state index contributed by atoms with van der Waals surface area (Å²) in [7, 11) is 0. The minimum absolute atomic E-state index is 0. The van der Waals surface area contributed by atoms with Gasteiger partial charge in [-0.15, -0.1) is 11.8 Å². The average molecular weight is 402 g/mol. The molecule has 1 heterocycles. The molecular weight excluding hydrogens is 384 g/mol. The fourth-order valence-corrected chi connectivity index (χ4v) is 2.81. The number of nitro groups is 2. The molecule has 0 atom stereocenters. The van der Waals surface area contributed by atoms with Gasteiger partial charge in [0.1, 0.15) is 25.2 Å². The lowest BCUT2D eigenvalue weighted by Gasteiger charge is -2.29. The Morgan fingerprint density at radius 1 is 1.26 bits per heavy atom. The molecule has 0 N–H and O–H groups in total. The number of carbonyl (C=O) groups is 2. The highest BCUT2D eigenvalue weighted by atomic mass is 32.2. The van der Waals surface area contributed by atoms with Crippen molar-refractivity contribution in [3.8, 4) is 0 Å². The molecule has 1 aliphatic rings.